The van der Waals surface area contributed by atoms with Crippen LogP contribution < -0.4 is 15.8 Å². The lowest BCUT2D eigenvalue weighted by molar-refractivity contribution is -0.118. The number of aromatic nitrogens is 2. The molecule has 2 aromatic heterocycles. The predicted molar refractivity (Wildman–Crippen MR) is 73.5 cm³/mol. The smallest absolute Gasteiger partial charge is 0.260 e. The summed E-state index contributed by atoms with van der Waals surface area (Å²) in [5, 5.41) is 2.39. The van der Waals surface area contributed by atoms with Gasteiger partial charge in [0.15, 0.2) is 10.8 Å². The number of nitrogens with one attached hydrogen (secondary N) is 2. The lowest BCUT2D eigenvalue weighted by atomic mass is 10.5. The molecule has 2 aromatic rings. The largest absolute Gasteiger partial charge is 0.381 e. The van der Waals surface area contributed by atoms with E-state index >= 15 is 0 Å². The van der Waals surface area contributed by atoms with Crippen LogP contribution in [-0.4, -0.2) is 36.8 Å². The van der Waals surface area contributed by atoms with E-state index in [1.165, 1.54) is 11.3 Å². The fraction of sp³-hybridized carbons (Fsp3) is 0.273. The number of amides is 1. The summed E-state index contributed by atoms with van der Waals surface area (Å²) >= 11 is 0. The van der Waals surface area contributed by atoms with Gasteiger partial charge in [-0.3, -0.25) is 9.20 Å². The first kappa shape index (κ1) is 14.3. The highest BCUT2D eigenvalue weighted by Gasteiger charge is 2.23. The van der Waals surface area contributed by atoms with Gasteiger partial charge >= 0.3 is 0 Å². The molecule has 9 heteroatoms. The molecule has 0 radical (unpaired) electrons. The molecule has 0 aliphatic carbocycles. The van der Waals surface area contributed by atoms with Gasteiger partial charge in [-0.1, -0.05) is 6.07 Å². The summed E-state index contributed by atoms with van der Waals surface area (Å²) in [6, 6.07) is 5.08. The second-order valence-corrected chi connectivity index (χ2v) is 5.79. The average Bonchev–Trinajstić information content (AvgIpc) is 2.71. The van der Waals surface area contributed by atoms with Crippen LogP contribution in [0.3, 0.4) is 0 Å². The minimum atomic E-state index is -3.80. The molecule has 2 rings (SSSR count). The molecule has 0 aliphatic heterocycles. The van der Waals surface area contributed by atoms with Gasteiger partial charge in [-0.15, -0.1) is 0 Å². The van der Waals surface area contributed by atoms with E-state index in [9.17, 15) is 13.2 Å². The Morgan fingerprint density at radius 3 is 2.85 bits per heavy atom. The average molecular weight is 297 g/mol. The maximum Gasteiger partial charge on any atom is 0.260 e. The molecule has 4 N–H and O–H groups in total. The van der Waals surface area contributed by atoms with Crippen molar-refractivity contribution in [2.24, 2.45) is 0 Å². The highest BCUT2D eigenvalue weighted by Crippen LogP contribution is 2.19. The third kappa shape index (κ3) is 2.89. The first-order valence-corrected chi connectivity index (χ1v) is 7.37. The van der Waals surface area contributed by atoms with Crippen LogP contribution in [0.2, 0.25) is 0 Å². The van der Waals surface area contributed by atoms with E-state index in [0.717, 1.165) is 0 Å². The fourth-order valence-corrected chi connectivity index (χ4v) is 2.99. The zero-order valence-electron chi connectivity index (χ0n) is 10.8. The Bertz CT molecular complexity index is 738. The van der Waals surface area contributed by atoms with Crippen LogP contribution in [0.15, 0.2) is 29.4 Å². The number of hydrogen-bond acceptors (Lipinski definition) is 5. The quantitative estimate of drug-likeness (QED) is 0.632. The van der Waals surface area contributed by atoms with Gasteiger partial charge in [0.2, 0.25) is 5.91 Å². The summed E-state index contributed by atoms with van der Waals surface area (Å²) in [4.78, 5) is 14.7. The minimum absolute atomic E-state index is 0.0665. The van der Waals surface area contributed by atoms with Gasteiger partial charge in [-0.05, 0) is 12.1 Å². The Morgan fingerprint density at radius 2 is 2.15 bits per heavy atom. The monoisotopic (exact) mass is 297 g/mol. The zero-order chi connectivity index (χ0) is 14.8. The van der Waals surface area contributed by atoms with Crippen molar-refractivity contribution in [3.05, 3.63) is 24.4 Å². The molecule has 0 spiro atoms. The highest BCUT2D eigenvalue weighted by atomic mass is 32.2. The molecular formula is C11H15N5O3S. The Hall–Kier alpha value is -2.13. The van der Waals surface area contributed by atoms with Crippen LogP contribution in [0.25, 0.3) is 5.65 Å². The number of carbonyl (C=O) groups is 1. The Morgan fingerprint density at radius 1 is 1.40 bits per heavy atom. The van der Waals surface area contributed by atoms with Crippen LogP contribution in [-0.2, 0) is 14.8 Å². The van der Waals surface area contributed by atoms with E-state index in [4.69, 9.17) is 5.73 Å². The van der Waals surface area contributed by atoms with Gasteiger partial charge in [0.05, 0.1) is 0 Å². The first-order chi connectivity index (χ1) is 9.42. The molecule has 108 valence electrons. The molecule has 0 atom stereocenters. The van der Waals surface area contributed by atoms with Gasteiger partial charge in [-0.2, -0.15) is 0 Å². The fourth-order valence-electron chi connectivity index (χ4n) is 1.75. The SMILES string of the molecule is CC(=O)NCCNS(=O)(=O)c1c(N)nc2ccccn12. The Balaban J connectivity index is 2.23. The van der Waals surface area contributed by atoms with Gasteiger partial charge in [0, 0.05) is 26.2 Å². The van der Waals surface area contributed by atoms with Crippen molar-refractivity contribution in [2.75, 3.05) is 18.8 Å². The molecule has 2 heterocycles. The third-order valence-corrected chi connectivity index (χ3v) is 4.06. The number of fused-ring (bicyclic) bond motifs is 1. The molecular weight excluding hydrogens is 282 g/mol. The molecule has 0 aliphatic rings. The van der Waals surface area contributed by atoms with Crippen molar-refractivity contribution in [2.45, 2.75) is 11.9 Å². The Labute approximate surface area is 116 Å². The normalized spacial score (nSPS) is 11.7. The number of nitrogens with zero attached hydrogens (tertiary/aromatic N) is 2. The molecule has 0 fully saturated rings. The lowest BCUT2D eigenvalue weighted by Gasteiger charge is -2.07. The summed E-state index contributed by atoms with van der Waals surface area (Å²) in [6.45, 7) is 1.63. The molecule has 0 bridgehead atoms. The number of anilines is 1. The van der Waals surface area contributed by atoms with Crippen molar-refractivity contribution in [3.8, 4) is 0 Å². The number of carbonyl (C=O) groups excluding carboxylic acids is 1. The highest BCUT2D eigenvalue weighted by molar-refractivity contribution is 7.89. The number of sulfonamides is 1. The first-order valence-electron chi connectivity index (χ1n) is 5.88. The molecule has 20 heavy (non-hydrogen) atoms. The predicted octanol–water partition coefficient (Wildman–Crippen LogP) is -0.669. The number of nitrogen functional groups attached to an aromatic ring is 1. The van der Waals surface area contributed by atoms with Crippen LogP contribution in [0, 0.1) is 0 Å². The number of hydrogen-bond donors (Lipinski definition) is 3. The summed E-state index contributed by atoms with van der Waals surface area (Å²) in [5.41, 5.74) is 6.12. The number of nitrogens with two attached hydrogens (primary N) is 1. The van der Waals surface area contributed by atoms with E-state index in [1.807, 2.05) is 0 Å². The van der Waals surface area contributed by atoms with E-state index in [1.54, 1.807) is 24.4 Å². The molecule has 1 amide bonds. The third-order valence-electron chi connectivity index (χ3n) is 2.56. The van der Waals surface area contributed by atoms with Crippen molar-refractivity contribution in [1.29, 1.82) is 0 Å². The molecule has 0 saturated heterocycles. The van der Waals surface area contributed by atoms with E-state index in [2.05, 4.69) is 15.0 Å². The van der Waals surface area contributed by atoms with E-state index in [0.29, 0.717) is 5.65 Å². The minimum Gasteiger partial charge on any atom is -0.381 e. The topological polar surface area (TPSA) is 119 Å². The standard InChI is InChI=1S/C11H15N5O3S/c1-8(17)13-5-6-14-20(18,19)11-10(12)15-9-4-2-3-7-16(9)11/h2-4,7,14H,5-6,12H2,1H3,(H,13,17). The summed E-state index contributed by atoms with van der Waals surface area (Å²) < 4.78 is 28.2. The van der Waals surface area contributed by atoms with Crippen molar-refractivity contribution < 1.29 is 13.2 Å². The van der Waals surface area contributed by atoms with Crippen molar-refractivity contribution in [3.63, 3.8) is 0 Å². The van der Waals surface area contributed by atoms with E-state index < -0.39 is 10.0 Å². The number of imidazole rings is 1. The number of pyridine rings is 1. The summed E-state index contributed by atoms with van der Waals surface area (Å²) in [5.74, 6) is -0.290. The summed E-state index contributed by atoms with van der Waals surface area (Å²) in [7, 11) is -3.80. The van der Waals surface area contributed by atoms with Gasteiger partial charge in [0.25, 0.3) is 10.0 Å². The molecule has 0 saturated carbocycles. The maximum atomic E-state index is 12.2. The second-order valence-electron chi connectivity index (χ2n) is 4.11. The number of rotatable bonds is 5. The summed E-state index contributed by atoms with van der Waals surface area (Å²) in [6.07, 6.45) is 1.57. The van der Waals surface area contributed by atoms with Gasteiger partial charge in [0.1, 0.15) is 5.65 Å². The second kappa shape index (κ2) is 5.47. The van der Waals surface area contributed by atoms with Gasteiger partial charge in [-0.25, -0.2) is 18.1 Å². The van der Waals surface area contributed by atoms with Crippen LogP contribution in [0.1, 0.15) is 6.92 Å². The van der Waals surface area contributed by atoms with Crippen LogP contribution in [0.4, 0.5) is 5.82 Å². The van der Waals surface area contributed by atoms with E-state index in [-0.39, 0.29) is 29.8 Å². The maximum absolute atomic E-state index is 12.2. The van der Waals surface area contributed by atoms with Crippen LogP contribution in [0.5, 0.6) is 0 Å². The van der Waals surface area contributed by atoms with Crippen LogP contribution >= 0.6 is 0 Å². The molecule has 0 aromatic carbocycles. The Kier molecular flexibility index (Phi) is 3.91. The van der Waals surface area contributed by atoms with Gasteiger partial charge < -0.3 is 11.1 Å². The lowest BCUT2D eigenvalue weighted by Crippen LogP contribution is -2.34. The van der Waals surface area contributed by atoms with Crippen molar-refractivity contribution in [1.82, 2.24) is 19.4 Å². The molecule has 0 unspecified atom stereocenters. The molecule has 8 nitrogen and oxygen atoms in total. The zero-order valence-corrected chi connectivity index (χ0v) is 11.6. The van der Waals surface area contributed by atoms with Crippen molar-refractivity contribution >= 4 is 27.4 Å².